The van der Waals surface area contributed by atoms with Gasteiger partial charge in [-0.05, 0) is 40.5 Å². The van der Waals surface area contributed by atoms with E-state index in [9.17, 15) is 20.4 Å². The third-order valence-electron chi connectivity index (χ3n) is 4.16. The SMILES string of the molecule is CCC(C)(CCOC(C)(C)C)OC1OC(CO)C(O)C(O)C1O. The van der Waals surface area contributed by atoms with E-state index >= 15 is 0 Å². The van der Waals surface area contributed by atoms with Crippen LogP contribution in [0, 0.1) is 0 Å². The normalized spacial score (nSPS) is 35.1. The van der Waals surface area contributed by atoms with Gasteiger partial charge in [0, 0.05) is 0 Å². The molecule has 4 N–H and O–H groups in total. The van der Waals surface area contributed by atoms with Gasteiger partial charge in [0.15, 0.2) is 6.29 Å². The van der Waals surface area contributed by atoms with Gasteiger partial charge in [-0.3, -0.25) is 0 Å². The molecular weight excluding hydrogens is 304 g/mol. The van der Waals surface area contributed by atoms with E-state index in [1.54, 1.807) is 0 Å². The minimum absolute atomic E-state index is 0.252. The van der Waals surface area contributed by atoms with Crippen LogP contribution < -0.4 is 0 Å². The average Bonchev–Trinajstić information content (AvgIpc) is 2.46. The van der Waals surface area contributed by atoms with E-state index in [2.05, 4.69) is 0 Å². The minimum atomic E-state index is -1.43. The smallest absolute Gasteiger partial charge is 0.187 e. The number of hydrogen-bond acceptors (Lipinski definition) is 7. The molecule has 1 rings (SSSR count). The largest absolute Gasteiger partial charge is 0.394 e. The molecule has 1 aliphatic rings. The molecule has 1 aliphatic heterocycles. The summed E-state index contributed by atoms with van der Waals surface area (Å²) in [5.74, 6) is 0. The molecular formula is C16H32O7. The topological polar surface area (TPSA) is 109 Å². The zero-order valence-corrected chi connectivity index (χ0v) is 14.7. The summed E-state index contributed by atoms with van der Waals surface area (Å²) in [4.78, 5) is 0. The zero-order chi connectivity index (χ0) is 17.8. The molecule has 0 aromatic carbocycles. The lowest BCUT2D eigenvalue weighted by Gasteiger charge is -2.43. The molecule has 6 unspecified atom stereocenters. The number of hydrogen-bond donors (Lipinski definition) is 4. The maximum Gasteiger partial charge on any atom is 0.187 e. The highest BCUT2D eigenvalue weighted by Gasteiger charge is 2.46. The van der Waals surface area contributed by atoms with E-state index in [0.717, 1.165) is 0 Å². The predicted octanol–water partition coefficient (Wildman–Crippen LogP) is 0.177. The van der Waals surface area contributed by atoms with Crippen LogP contribution >= 0.6 is 0 Å². The van der Waals surface area contributed by atoms with Gasteiger partial charge in [-0.2, -0.15) is 0 Å². The number of aliphatic hydroxyl groups is 4. The lowest BCUT2D eigenvalue weighted by Crippen LogP contribution is -2.60. The van der Waals surface area contributed by atoms with Gasteiger partial charge in [-0.25, -0.2) is 0 Å². The maximum absolute atomic E-state index is 10.1. The van der Waals surface area contributed by atoms with Crippen molar-refractivity contribution < 1.29 is 34.6 Å². The van der Waals surface area contributed by atoms with Crippen LogP contribution in [0.2, 0.25) is 0 Å². The molecule has 1 saturated heterocycles. The molecule has 1 fully saturated rings. The highest BCUT2D eigenvalue weighted by molar-refractivity contribution is 4.90. The van der Waals surface area contributed by atoms with Gasteiger partial charge in [0.25, 0.3) is 0 Å². The molecule has 1 heterocycles. The fraction of sp³-hybridized carbons (Fsp3) is 1.00. The Bertz CT molecular complexity index is 355. The van der Waals surface area contributed by atoms with Crippen molar-refractivity contribution in [1.29, 1.82) is 0 Å². The van der Waals surface area contributed by atoms with E-state index in [4.69, 9.17) is 14.2 Å². The first-order valence-electron chi connectivity index (χ1n) is 8.15. The summed E-state index contributed by atoms with van der Waals surface area (Å²) in [6, 6.07) is 0. The third-order valence-corrected chi connectivity index (χ3v) is 4.16. The van der Waals surface area contributed by atoms with E-state index in [1.165, 1.54) is 0 Å². The van der Waals surface area contributed by atoms with Crippen LogP contribution in [0.1, 0.15) is 47.5 Å². The fourth-order valence-electron chi connectivity index (χ4n) is 2.34. The molecule has 138 valence electrons. The molecule has 0 bridgehead atoms. The van der Waals surface area contributed by atoms with E-state index in [1.807, 2.05) is 34.6 Å². The second kappa shape index (κ2) is 8.20. The van der Waals surface area contributed by atoms with Crippen LogP contribution in [0.4, 0.5) is 0 Å². The number of ether oxygens (including phenoxy) is 3. The molecule has 0 amide bonds. The molecule has 0 spiro atoms. The number of rotatable bonds is 7. The van der Waals surface area contributed by atoms with Crippen molar-refractivity contribution >= 4 is 0 Å². The van der Waals surface area contributed by atoms with Crippen LogP contribution in [0.3, 0.4) is 0 Å². The quantitative estimate of drug-likeness (QED) is 0.525. The second-order valence-electron chi connectivity index (χ2n) is 7.33. The Hall–Kier alpha value is -0.280. The molecule has 0 aromatic rings. The summed E-state index contributed by atoms with van der Waals surface area (Å²) < 4.78 is 17.0. The average molecular weight is 336 g/mol. The standard InChI is InChI=1S/C16H32O7/c1-6-16(5,7-8-21-15(2,3)4)23-14-13(20)12(19)11(18)10(9-17)22-14/h10-14,17-20H,6-9H2,1-5H3. The van der Waals surface area contributed by atoms with Crippen molar-refractivity contribution in [2.24, 2.45) is 0 Å². The molecule has 6 atom stereocenters. The summed E-state index contributed by atoms with van der Waals surface area (Å²) in [6.45, 7) is 9.73. The van der Waals surface area contributed by atoms with Gasteiger partial charge < -0.3 is 34.6 Å². The minimum Gasteiger partial charge on any atom is -0.394 e. The molecule has 0 aromatic heterocycles. The lowest BCUT2D eigenvalue weighted by atomic mass is 9.96. The van der Waals surface area contributed by atoms with Crippen LogP contribution in [-0.2, 0) is 14.2 Å². The molecule has 0 saturated carbocycles. The van der Waals surface area contributed by atoms with Gasteiger partial charge >= 0.3 is 0 Å². The molecule has 0 aliphatic carbocycles. The monoisotopic (exact) mass is 336 g/mol. The summed E-state index contributed by atoms with van der Waals surface area (Å²) in [6.07, 6.45) is -5.06. The predicted molar refractivity (Wildman–Crippen MR) is 83.9 cm³/mol. The van der Waals surface area contributed by atoms with Crippen molar-refractivity contribution in [3.8, 4) is 0 Å². The summed E-state index contributed by atoms with van der Waals surface area (Å²) >= 11 is 0. The van der Waals surface area contributed by atoms with Gasteiger partial charge in [0.2, 0.25) is 0 Å². The first kappa shape index (κ1) is 20.8. The van der Waals surface area contributed by atoms with E-state index < -0.39 is 42.9 Å². The second-order valence-corrected chi connectivity index (χ2v) is 7.33. The Balaban J connectivity index is 2.68. The Morgan fingerprint density at radius 2 is 1.61 bits per heavy atom. The van der Waals surface area contributed by atoms with Gasteiger partial charge in [-0.1, -0.05) is 6.92 Å². The van der Waals surface area contributed by atoms with Crippen molar-refractivity contribution in [3.05, 3.63) is 0 Å². The van der Waals surface area contributed by atoms with Crippen molar-refractivity contribution in [2.75, 3.05) is 13.2 Å². The van der Waals surface area contributed by atoms with E-state index in [-0.39, 0.29) is 5.60 Å². The van der Waals surface area contributed by atoms with Crippen molar-refractivity contribution in [2.45, 2.75) is 89.4 Å². The fourth-order valence-corrected chi connectivity index (χ4v) is 2.34. The van der Waals surface area contributed by atoms with Crippen molar-refractivity contribution in [3.63, 3.8) is 0 Å². The highest BCUT2D eigenvalue weighted by Crippen LogP contribution is 2.29. The summed E-state index contributed by atoms with van der Waals surface area (Å²) in [7, 11) is 0. The Morgan fingerprint density at radius 1 is 1.00 bits per heavy atom. The molecule has 0 radical (unpaired) electrons. The molecule has 23 heavy (non-hydrogen) atoms. The van der Waals surface area contributed by atoms with E-state index in [0.29, 0.717) is 19.4 Å². The highest BCUT2D eigenvalue weighted by atomic mass is 16.7. The van der Waals surface area contributed by atoms with Crippen LogP contribution in [-0.4, -0.2) is 75.5 Å². The third kappa shape index (κ3) is 5.94. The molecule has 7 nitrogen and oxygen atoms in total. The Morgan fingerprint density at radius 3 is 2.09 bits per heavy atom. The molecule has 7 heteroatoms. The summed E-state index contributed by atoms with van der Waals surface area (Å²) in [5.41, 5.74) is -0.878. The Labute approximate surface area is 138 Å². The summed E-state index contributed by atoms with van der Waals surface area (Å²) in [5, 5.41) is 38.9. The van der Waals surface area contributed by atoms with Crippen LogP contribution in [0.25, 0.3) is 0 Å². The van der Waals surface area contributed by atoms with Crippen LogP contribution in [0.15, 0.2) is 0 Å². The first-order valence-corrected chi connectivity index (χ1v) is 8.15. The first-order chi connectivity index (χ1) is 10.5. The van der Waals surface area contributed by atoms with Gasteiger partial charge in [0.1, 0.15) is 24.4 Å². The maximum atomic E-state index is 10.1. The number of aliphatic hydroxyl groups excluding tert-OH is 4. The zero-order valence-electron chi connectivity index (χ0n) is 14.7. The van der Waals surface area contributed by atoms with Gasteiger partial charge in [-0.15, -0.1) is 0 Å². The van der Waals surface area contributed by atoms with Crippen LogP contribution in [0.5, 0.6) is 0 Å². The lowest BCUT2D eigenvalue weighted by molar-refractivity contribution is -0.327. The van der Waals surface area contributed by atoms with Crippen molar-refractivity contribution in [1.82, 2.24) is 0 Å². The Kier molecular flexibility index (Phi) is 7.40. The van der Waals surface area contributed by atoms with Gasteiger partial charge in [0.05, 0.1) is 24.4 Å².